The topological polar surface area (TPSA) is 223 Å². The van der Waals surface area contributed by atoms with Crippen LogP contribution in [0.25, 0.3) is 44.7 Å². The summed E-state index contributed by atoms with van der Waals surface area (Å²) in [4.78, 5) is 99.7. The van der Waals surface area contributed by atoms with Gasteiger partial charge in [0.05, 0.1) is 56.0 Å². The number of aromatic nitrogens is 12. The molecule has 0 aliphatic heterocycles. The number of ether oxygens (including phenoxy) is 2. The van der Waals surface area contributed by atoms with Crippen LogP contribution in [-0.4, -0.2) is 142 Å². The van der Waals surface area contributed by atoms with E-state index in [1.54, 1.807) is 50.6 Å². The predicted octanol–water partition coefficient (Wildman–Crippen LogP) is 24.5. The zero-order valence-corrected chi connectivity index (χ0v) is 79.8. The van der Waals surface area contributed by atoms with Gasteiger partial charge in [-0.05, 0) is 228 Å². The zero-order valence-electron chi connectivity index (χ0n) is 78.3. The summed E-state index contributed by atoms with van der Waals surface area (Å²) in [5, 5.41) is 0.836. The number of carbonyl (C=O) groups is 4. The normalized spacial score (nSPS) is 12.9. The van der Waals surface area contributed by atoms with E-state index in [1.165, 1.54) is 81.8 Å². The number of unbranched alkanes of at least 4 members (excludes halogenated alkanes) is 6. The van der Waals surface area contributed by atoms with Crippen LogP contribution >= 0.6 is 23.2 Å². The van der Waals surface area contributed by atoms with Crippen molar-refractivity contribution in [3.63, 3.8) is 0 Å². The van der Waals surface area contributed by atoms with E-state index in [-0.39, 0.29) is 23.6 Å². The van der Waals surface area contributed by atoms with E-state index in [4.69, 9.17) is 52.6 Å². The minimum atomic E-state index is -0.0793. The molecule has 0 unspecified atom stereocenters. The van der Waals surface area contributed by atoms with Crippen molar-refractivity contribution in [3.05, 3.63) is 225 Å². The third kappa shape index (κ3) is 26.8. The van der Waals surface area contributed by atoms with Crippen LogP contribution in [0.5, 0.6) is 11.5 Å². The number of benzene rings is 4. The molecular weight excluding hydrogens is 1640 g/mol. The summed E-state index contributed by atoms with van der Waals surface area (Å²) in [7, 11) is 3.19. The minimum absolute atomic E-state index is 0.0556. The first-order valence-corrected chi connectivity index (χ1v) is 48.2. The molecule has 0 N–H and O–H groups in total. The number of methoxy groups -OCH3 is 2. The van der Waals surface area contributed by atoms with Crippen LogP contribution in [-0.2, 0) is 52.1 Å². The molecule has 8 aromatic heterocycles. The van der Waals surface area contributed by atoms with Crippen molar-refractivity contribution in [2.24, 2.45) is 17.8 Å². The molecule has 0 bridgehead atoms. The van der Waals surface area contributed by atoms with Crippen LogP contribution in [0.1, 0.15) is 305 Å². The first-order chi connectivity index (χ1) is 62.1. The molecule has 2 aliphatic rings. The highest BCUT2D eigenvalue weighted by Crippen LogP contribution is 2.37. The maximum absolute atomic E-state index is 13.8. The van der Waals surface area contributed by atoms with Gasteiger partial charge in [0.1, 0.15) is 56.9 Å². The molecule has 0 atom stereocenters. The molecule has 0 radical (unpaired) electrons. The highest BCUT2D eigenvalue weighted by atomic mass is 35.5. The Bertz CT molecular complexity index is 5490. The first kappa shape index (κ1) is 98.0. The fourth-order valence-electron chi connectivity index (χ4n) is 17.0. The number of aryl methyl sites for hydroxylation is 4. The molecule has 4 amide bonds. The molecule has 2 fully saturated rings. The number of carbonyl (C=O) groups excluding carboxylic acids is 4. The molecule has 12 aromatic rings. The average Bonchev–Trinajstić information content (AvgIpc) is 1.64. The minimum Gasteiger partial charge on any atom is -0.497 e. The highest BCUT2D eigenvalue weighted by molar-refractivity contribution is 6.42. The number of amides is 4. The highest BCUT2D eigenvalue weighted by Gasteiger charge is 2.31. The Hall–Kier alpha value is -10.6. The van der Waals surface area contributed by atoms with E-state index in [0.717, 1.165) is 189 Å². The number of rotatable bonds is 41. The number of hydrogen-bond donors (Lipinski definition) is 0. The molecule has 24 heteroatoms. The molecule has 0 spiro atoms. The van der Waals surface area contributed by atoms with Gasteiger partial charge in [0.25, 0.3) is 23.6 Å². The SMILES string of the molecule is CCCCCCc1ccc(C(=O)N(CCC(C)C)Cc2nc3cccnc3n2CCC)cc1.CCCCCc1ccc(C(=O)N(CCC(C)C)Cc2nc3cccnc3n2CCC)cc1.CCCCN(Cc1nc2cccnc2n1C1CCCC1)C(=O)c1ccc(Cl)c(Cl)c1.COc1ccc(OC)c(C(=O)N(CCC(C)C)Cc2nc3cccnc3n2C2CCCC2)c1. The van der Waals surface area contributed by atoms with E-state index in [2.05, 4.69) is 139 Å². The van der Waals surface area contributed by atoms with Crippen LogP contribution in [0.4, 0.5) is 0 Å². The Morgan fingerprint density at radius 3 is 1.17 bits per heavy atom. The molecule has 0 saturated heterocycles. The summed E-state index contributed by atoms with van der Waals surface area (Å²) in [6.07, 6.45) is 34.2. The van der Waals surface area contributed by atoms with Gasteiger partial charge in [-0.2, -0.15) is 0 Å². The van der Waals surface area contributed by atoms with E-state index in [9.17, 15) is 19.2 Å². The van der Waals surface area contributed by atoms with Crippen molar-refractivity contribution in [2.45, 2.75) is 282 Å². The van der Waals surface area contributed by atoms with Crippen molar-refractivity contribution < 1.29 is 28.7 Å². The maximum Gasteiger partial charge on any atom is 0.258 e. The fraction of sp³-hybridized carbons (Fsp3) is 0.500. The Balaban J connectivity index is 0.000000165. The summed E-state index contributed by atoms with van der Waals surface area (Å²) < 4.78 is 19.8. The van der Waals surface area contributed by atoms with Gasteiger partial charge in [-0.3, -0.25) is 19.2 Å². The monoisotopic (exact) mass is 1780 g/mol. The van der Waals surface area contributed by atoms with Gasteiger partial charge in [0.2, 0.25) is 0 Å². The van der Waals surface area contributed by atoms with Gasteiger partial charge in [0, 0.05) is 92.8 Å². The van der Waals surface area contributed by atoms with Crippen molar-refractivity contribution in [3.8, 4) is 11.5 Å². The summed E-state index contributed by atoms with van der Waals surface area (Å²) in [6.45, 7) is 30.4. The number of imidazole rings is 4. The Kier molecular flexibility index (Phi) is 38.2. The fourth-order valence-corrected chi connectivity index (χ4v) is 17.3. The van der Waals surface area contributed by atoms with Gasteiger partial charge >= 0.3 is 0 Å². The lowest BCUT2D eigenvalue weighted by atomic mass is 10.0. The molecule has 128 heavy (non-hydrogen) atoms. The molecule has 684 valence electrons. The lowest BCUT2D eigenvalue weighted by Crippen LogP contribution is -2.34. The second-order valence-electron chi connectivity index (χ2n) is 35.6. The Labute approximate surface area is 769 Å². The summed E-state index contributed by atoms with van der Waals surface area (Å²) in [6, 6.07) is 43.3. The molecule has 22 nitrogen and oxygen atoms in total. The molecule has 8 heterocycles. The Morgan fingerprint density at radius 1 is 0.391 bits per heavy atom. The quantitative estimate of drug-likeness (QED) is 0.0325. The number of pyridine rings is 4. The third-order valence-corrected chi connectivity index (χ3v) is 25.0. The smallest absolute Gasteiger partial charge is 0.258 e. The largest absolute Gasteiger partial charge is 0.497 e. The standard InChI is InChI=1S/C28H40N4O.C27H38N4O.C26H34N4O3.C23H26Cl2N4O/c1-5-7-8-9-11-23-13-15-24(16-14-23)28(33)31(20-17-22(3)4)21-26-30-25-12-10-18-29-27(25)32(26)19-6-2;1-5-7-8-10-22-12-14-23(15-13-22)27(32)30(19-16-21(3)4)20-25-29-24-11-9-17-28-26(24)31(25)18-6-2;1-18(2)13-15-29(26(31)21-16-20(32-3)11-12-23(21)33-4)17-24-28-22-10-7-14-27-25(22)30(24)19-8-5-6-9-19;1-2-3-13-28(23(30)16-10-11-18(24)19(25)14-16)15-21-27-20-9-6-12-26-22(20)29(21)17-7-4-5-8-17/h10,12-16,18,22H,5-9,11,17,19-21H2,1-4H3;9,11-15,17,21H,5-8,10,16,18-20H2,1-4H3;7,10-12,14,16,18-19H,5-6,8-9,13,15,17H2,1-4H3;6,9-12,14,17H,2-5,7-8,13,15H2,1H3. The first-order valence-electron chi connectivity index (χ1n) is 47.4. The third-order valence-electron chi connectivity index (χ3n) is 24.3. The average molecular weight is 1780 g/mol. The lowest BCUT2D eigenvalue weighted by molar-refractivity contribution is 0.0718. The van der Waals surface area contributed by atoms with Crippen molar-refractivity contribution >= 4 is 91.5 Å². The number of halogens is 2. The zero-order chi connectivity index (χ0) is 91.0. The second kappa shape index (κ2) is 49.8. The van der Waals surface area contributed by atoms with Gasteiger partial charge in [-0.15, -0.1) is 0 Å². The van der Waals surface area contributed by atoms with E-state index in [1.807, 2.05) is 117 Å². The summed E-state index contributed by atoms with van der Waals surface area (Å²) in [5.74, 6) is 6.35. The van der Waals surface area contributed by atoms with E-state index >= 15 is 0 Å². The number of hydrogen-bond acceptors (Lipinski definition) is 14. The van der Waals surface area contributed by atoms with Crippen LogP contribution in [0.3, 0.4) is 0 Å². The second-order valence-corrected chi connectivity index (χ2v) is 36.4. The number of nitrogens with zero attached hydrogens (tertiary/aromatic N) is 16. The van der Waals surface area contributed by atoms with Gasteiger partial charge in [0.15, 0.2) is 22.6 Å². The molecular formula is C104H138Cl2N16O6. The maximum atomic E-state index is 13.8. The molecule has 14 rings (SSSR count). The van der Waals surface area contributed by atoms with E-state index < -0.39 is 0 Å². The van der Waals surface area contributed by atoms with Crippen molar-refractivity contribution in [1.29, 1.82) is 0 Å². The summed E-state index contributed by atoms with van der Waals surface area (Å²) >= 11 is 12.2. The van der Waals surface area contributed by atoms with Crippen molar-refractivity contribution in [2.75, 3.05) is 40.4 Å². The van der Waals surface area contributed by atoms with E-state index in [0.29, 0.717) is 102 Å². The van der Waals surface area contributed by atoms with Crippen LogP contribution in [0.2, 0.25) is 10.0 Å². The van der Waals surface area contributed by atoms with Crippen LogP contribution in [0, 0.1) is 17.8 Å². The number of fused-ring (bicyclic) bond motifs is 4. The van der Waals surface area contributed by atoms with Gasteiger partial charge in [-0.1, -0.05) is 188 Å². The molecule has 4 aromatic carbocycles. The van der Waals surface area contributed by atoms with Crippen LogP contribution in [0.15, 0.2) is 158 Å². The summed E-state index contributed by atoms with van der Waals surface area (Å²) in [5.41, 5.74) is 12.4. The van der Waals surface area contributed by atoms with Crippen LogP contribution < -0.4 is 9.47 Å². The lowest BCUT2D eigenvalue weighted by Gasteiger charge is -2.26. The molecule has 2 aliphatic carbocycles. The van der Waals surface area contributed by atoms with Gasteiger partial charge < -0.3 is 47.3 Å². The predicted molar refractivity (Wildman–Crippen MR) is 518 cm³/mol. The van der Waals surface area contributed by atoms with Crippen molar-refractivity contribution in [1.82, 2.24) is 77.7 Å². The Morgan fingerprint density at radius 2 is 0.766 bits per heavy atom. The van der Waals surface area contributed by atoms with Gasteiger partial charge in [-0.25, -0.2) is 39.9 Å². The molecule has 2 saturated carbocycles.